The van der Waals surface area contributed by atoms with Gasteiger partial charge in [0, 0.05) is 6.54 Å². The second-order valence-corrected chi connectivity index (χ2v) is 4.24. The van der Waals surface area contributed by atoms with Crippen LogP contribution in [0.15, 0.2) is 47.1 Å². The van der Waals surface area contributed by atoms with Gasteiger partial charge in [-0.1, -0.05) is 31.2 Å². The maximum absolute atomic E-state index is 5.38. The van der Waals surface area contributed by atoms with Crippen molar-refractivity contribution in [2.75, 3.05) is 0 Å². The van der Waals surface area contributed by atoms with Gasteiger partial charge in [-0.05, 0) is 36.6 Å². The minimum atomic E-state index is 0.245. The Labute approximate surface area is 103 Å². The van der Waals surface area contributed by atoms with Crippen molar-refractivity contribution in [2.45, 2.75) is 32.9 Å². The zero-order valence-electron chi connectivity index (χ0n) is 10.4. The number of benzene rings is 1. The first-order chi connectivity index (χ1) is 8.31. The van der Waals surface area contributed by atoms with Crippen LogP contribution in [0.5, 0.6) is 0 Å². The maximum Gasteiger partial charge on any atom is 0.120 e. The molecule has 0 saturated heterocycles. The van der Waals surface area contributed by atoms with Gasteiger partial charge in [0.25, 0.3) is 0 Å². The van der Waals surface area contributed by atoms with Crippen LogP contribution >= 0.6 is 0 Å². The van der Waals surface area contributed by atoms with E-state index in [1.807, 2.05) is 12.1 Å². The van der Waals surface area contributed by atoms with E-state index in [0.717, 1.165) is 18.7 Å². The summed E-state index contributed by atoms with van der Waals surface area (Å²) in [5, 5.41) is 3.48. The SMILES string of the molecule is CCc1ccccc1CNC(C)c1ccco1. The minimum absolute atomic E-state index is 0.245. The van der Waals surface area contributed by atoms with E-state index >= 15 is 0 Å². The fraction of sp³-hybridized carbons (Fsp3) is 0.333. The Hall–Kier alpha value is -1.54. The van der Waals surface area contributed by atoms with E-state index in [1.165, 1.54) is 11.1 Å². The van der Waals surface area contributed by atoms with Crippen molar-refractivity contribution >= 4 is 0 Å². The summed E-state index contributed by atoms with van der Waals surface area (Å²) in [6.07, 6.45) is 2.79. The van der Waals surface area contributed by atoms with Crippen molar-refractivity contribution in [1.29, 1.82) is 0 Å². The molecule has 0 aliphatic heterocycles. The van der Waals surface area contributed by atoms with E-state index in [1.54, 1.807) is 6.26 Å². The van der Waals surface area contributed by atoms with Crippen LogP contribution in [0, 0.1) is 0 Å². The Morgan fingerprint density at radius 3 is 2.53 bits per heavy atom. The molecule has 0 aliphatic rings. The van der Waals surface area contributed by atoms with Gasteiger partial charge >= 0.3 is 0 Å². The fourth-order valence-corrected chi connectivity index (χ4v) is 1.98. The first-order valence-corrected chi connectivity index (χ1v) is 6.14. The smallest absolute Gasteiger partial charge is 0.120 e. The summed E-state index contributed by atoms with van der Waals surface area (Å²) in [5.41, 5.74) is 2.78. The molecule has 2 nitrogen and oxygen atoms in total. The van der Waals surface area contributed by atoms with E-state index in [9.17, 15) is 0 Å². The Bertz CT molecular complexity index is 448. The monoisotopic (exact) mass is 229 g/mol. The summed E-state index contributed by atoms with van der Waals surface area (Å²) < 4.78 is 5.38. The predicted molar refractivity (Wildman–Crippen MR) is 69.8 cm³/mol. The van der Waals surface area contributed by atoms with Gasteiger partial charge in [0.1, 0.15) is 5.76 Å². The molecule has 1 atom stereocenters. The summed E-state index contributed by atoms with van der Waals surface area (Å²) in [5.74, 6) is 0.985. The van der Waals surface area contributed by atoms with Crippen LogP contribution in [-0.4, -0.2) is 0 Å². The first kappa shape index (κ1) is 11.9. The van der Waals surface area contributed by atoms with Crippen LogP contribution in [0.2, 0.25) is 0 Å². The Balaban J connectivity index is 1.98. The van der Waals surface area contributed by atoms with Gasteiger partial charge < -0.3 is 9.73 Å². The third kappa shape index (κ3) is 2.98. The molecular formula is C15H19NO. The first-order valence-electron chi connectivity index (χ1n) is 6.14. The number of furan rings is 1. The second kappa shape index (κ2) is 5.69. The van der Waals surface area contributed by atoms with Gasteiger partial charge in [0.15, 0.2) is 0 Å². The molecule has 0 amide bonds. The highest BCUT2D eigenvalue weighted by molar-refractivity contribution is 5.27. The zero-order valence-corrected chi connectivity index (χ0v) is 10.4. The maximum atomic E-state index is 5.38. The Kier molecular flexibility index (Phi) is 3.99. The summed E-state index contributed by atoms with van der Waals surface area (Å²) in [7, 11) is 0. The quantitative estimate of drug-likeness (QED) is 0.845. The van der Waals surface area contributed by atoms with Gasteiger partial charge in [-0.3, -0.25) is 0 Å². The van der Waals surface area contributed by atoms with Crippen LogP contribution in [0.1, 0.15) is 36.8 Å². The molecule has 2 rings (SSSR count). The molecule has 2 aromatic rings. The van der Waals surface area contributed by atoms with Crippen LogP contribution in [0.4, 0.5) is 0 Å². The van der Waals surface area contributed by atoms with E-state index in [4.69, 9.17) is 4.42 Å². The lowest BCUT2D eigenvalue weighted by molar-refractivity contribution is 0.430. The van der Waals surface area contributed by atoms with Crippen LogP contribution in [0.3, 0.4) is 0 Å². The van der Waals surface area contributed by atoms with Crippen molar-refractivity contribution < 1.29 is 4.42 Å². The molecule has 0 radical (unpaired) electrons. The van der Waals surface area contributed by atoms with Gasteiger partial charge in [-0.25, -0.2) is 0 Å². The largest absolute Gasteiger partial charge is 0.468 e. The summed E-state index contributed by atoms with van der Waals surface area (Å²) in [6.45, 7) is 5.19. The summed E-state index contributed by atoms with van der Waals surface area (Å²) in [4.78, 5) is 0. The van der Waals surface area contributed by atoms with Gasteiger partial charge in [-0.15, -0.1) is 0 Å². The molecule has 17 heavy (non-hydrogen) atoms. The number of nitrogens with one attached hydrogen (secondary N) is 1. The molecule has 90 valence electrons. The van der Waals surface area contributed by atoms with Crippen molar-refractivity contribution in [2.24, 2.45) is 0 Å². The normalized spacial score (nSPS) is 12.6. The van der Waals surface area contributed by atoms with Gasteiger partial charge in [0.05, 0.1) is 12.3 Å². The van der Waals surface area contributed by atoms with E-state index in [0.29, 0.717) is 0 Å². The Morgan fingerprint density at radius 2 is 1.88 bits per heavy atom. The Morgan fingerprint density at radius 1 is 1.12 bits per heavy atom. The molecule has 0 fully saturated rings. The van der Waals surface area contributed by atoms with Gasteiger partial charge in [-0.2, -0.15) is 0 Å². The minimum Gasteiger partial charge on any atom is -0.468 e. The lowest BCUT2D eigenvalue weighted by Crippen LogP contribution is -2.18. The zero-order chi connectivity index (χ0) is 12.1. The van der Waals surface area contributed by atoms with Crippen LogP contribution < -0.4 is 5.32 Å². The molecule has 1 aromatic carbocycles. The van der Waals surface area contributed by atoms with Crippen LogP contribution in [0.25, 0.3) is 0 Å². The molecule has 1 N–H and O–H groups in total. The third-order valence-corrected chi connectivity index (χ3v) is 3.07. The number of aryl methyl sites for hydroxylation is 1. The standard InChI is InChI=1S/C15H19NO/c1-3-13-7-4-5-8-14(13)11-16-12(2)15-9-6-10-17-15/h4-10,12,16H,3,11H2,1-2H3. The van der Waals surface area contributed by atoms with E-state index in [-0.39, 0.29) is 6.04 Å². The van der Waals surface area contributed by atoms with Crippen LogP contribution in [-0.2, 0) is 13.0 Å². The van der Waals surface area contributed by atoms with E-state index in [2.05, 4.69) is 43.4 Å². The molecule has 0 saturated carbocycles. The van der Waals surface area contributed by atoms with Crippen molar-refractivity contribution in [3.8, 4) is 0 Å². The summed E-state index contributed by atoms with van der Waals surface area (Å²) in [6, 6.07) is 12.7. The summed E-state index contributed by atoms with van der Waals surface area (Å²) >= 11 is 0. The van der Waals surface area contributed by atoms with Crippen molar-refractivity contribution in [3.05, 3.63) is 59.5 Å². The predicted octanol–water partition coefficient (Wildman–Crippen LogP) is 3.69. The highest BCUT2D eigenvalue weighted by Crippen LogP contribution is 2.15. The molecule has 0 bridgehead atoms. The number of hydrogen-bond acceptors (Lipinski definition) is 2. The molecule has 0 aliphatic carbocycles. The molecule has 0 spiro atoms. The van der Waals surface area contributed by atoms with Crippen molar-refractivity contribution in [1.82, 2.24) is 5.32 Å². The van der Waals surface area contributed by atoms with Crippen molar-refractivity contribution in [3.63, 3.8) is 0 Å². The molecular weight excluding hydrogens is 210 g/mol. The number of rotatable bonds is 5. The average molecular weight is 229 g/mol. The number of hydrogen-bond donors (Lipinski definition) is 1. The average Bonchev–Trinajstić information content (AvgIpc) is 2.90. The molecule has 1 unspecified atom stereocenters. The third-order valence-electron chi connectivity index (χ3n) is 3.07. The molecule has 2 heteroatoms. The van der Waals surface area contributed by atoms with E-state index < -0.39 is 0 Å². The van der Waals surface area contributed by atoms with Gasteiger partial charge in [0.2, 0.25) is 0 Å². The topological polar surface area (TPSA) is 25.2 Å². The molecule has 1 heterocycles. The highest BCUT2D eigenvalue weighted by Gasteiger charge is 2.08. The lowest BCUT2D eigenvalue weighted by Gasteiger charge is -2.13. The second-order valence-electron chi connectivity index (χ2n) is 4.24. The fourth-order valence-electron chi connectivity index (χ4n) is 1.98. The highest BCUT2D eigenvalue weighted by atomic mass is 16.3. The lowest BCUT2D eigenvalue weighted by atomic mass is 10.1. The molecule has 1 aromatic heterocycles.